The summed E-state index contributed by atoms with van der Waals surface area (Å²) in [7, 11) is 0. The second-order valence-electron chi connectivity index (χ2n) is 4.18. The number of hydrogen-bond donors (Lipinski definition) is 4. The summed E-state index contributed by atoms with van der Waals surface area (Å²) in [5, 5.41) is 11.7. The zero-order valence-corrected chi connectivity index (χ0v) is 10.6. The van der Waals surface area contributed by atoms with Gasteiger partial charge in [0, 0.05) is 12.2 Å². The van der Waals surface area contributed by atoms with E-state index in [0.717, 1.165) is 12.8 Å². The molecule has 0 aromatic heterocycles. The molecule has 17 heavy (non-hydrogen) atoms. The summed E-state index contributed by atoms with van der Waals surface area (Å²) >= 11 is 0. The molecule has 0 aliphatic carbocycles. The molecule has 0 radical (unpaired) electrons. The van der Waals surface area contributed by atoms with Crippen LogP contribution in [0, 0.1) is 5.41 Å². The lowest BCUT2D eigenvalue weighted by Gasteiger charge is -2.18. The molecule has 1 aliphatic rings. The molecule has 1 atom stereocenters. The summed E-state index contributed by atoms with van der Waals surface area (Å²) in [6, 6.07) is -0.125. The highest BCUT2D eigenvalue weighted by atomic mass is 16.1. The van der Waals surface area contributed by atoms with Gasteiger partial charge in [-0.25, -0.2) is 10.4 Å². The fraction of sp³-hybridized carbons (Fsp3) is 0.636. The average molecular weight is 239 g/mol. The summed E-state index contributed by atoms with van der Waals surface area (Å²) in [5.41, 5.74) is 9.73. The number of nitrogens with two attached hydrogens (primary N) is 1. The van der Waals surface area contributed by atoms with Gasteiger partial charge in [0.2, 0.25) is 5.96 Å². The smallest absolute Gasteiger partial charge is 0.250 e. The Bertz CT molecular complexity index is 350. The minimum atomic E-state index is -0.125. The SMILES string of the molecule is CCCCNC(=O)C1=C(C)N(C(=N)N)NC1C. The van der Waals surface area contributed by atoms with E-state index in [9.17, 15) is 4.79 Å². The molecule has 96 valence electrons. The lowest BCUT2D eigenvalue weighted by atomic mass is 10.1. The predicted molar refractivity (Wildman–Crippen MR) is 67.0 cm³/mol. The van der Waals surface area contributed by atoms with Crippen LogP contribution in [0.25, 0.3) is 0 Å². The number of nitrogens with one attached hydrogen (secondary N) is 3. The van der Waals surface area contributed by atoms with Gasteiger partial charge in [-0.3, -0.25) is 10.2 Å². The quantitative estimate of drug-likeness (QED) is 0.322. The molecule has 0 fully saturated rings. The third-order valence-electron chi connectivity index (χ3n) is 2.78. The van der Waals surface area contributed by atoms with E-state index in [-0.39, 0.29) is 17.9 Å². The van der Waals surface area contributed by atoms with Crippen molar-refractivity contribution in [2.45, 2.75) is 39.7 Å². The number of carbonyl (C=O) groups excluding carboxylic acids is 1. The second-order valence-corrected chi connectivity index (χ2v) is 4.18. The number of hydrogen-bond acceptors (Lipinski definition) is 3. The Morgan fingerprint density at radius 2 is 2.29 bits per heavy atom. The summed E-state index contributed by atoms with van der Waals surface area (Å²) in [4.78, 5) is 12.0. The fourth-order valence-corrected chi connectivity index (χ4v) is 1.87. The topological polar surface area (TPSA) is 94.2 Å². The summed E-state index contributed by atoms with van der Waals surface area (Å²) in [5.74, 6) is -0.189. The van der Waals surface area contributed by atoms with E-state index >= 15 is 0 Å². The maximum absolute atomic E-state index is 12.0. The third kappa shape index (κ3) is 2.97. The molecule has 0 bridgehead atoms. The van der Waals surface area contributed by atoms with Crippen LogP contribution in [0.4, 0.5) is 0 Å². The highest BCUT2D eigenvalue weighted by Crippen LogP contribution is 2.19. The number of amides is 1. The maximum Gasteiger partial charge on any atom is 0.250 e. The van der Waals surface area contributed by atoms with Gasteiger partial charge < -0.3 is 11.1 Å². The van der Waals surface area contributed by atoms with Crippen LogP contribution in [0.2, 0.25) is 0 Å². The van der Waals surface area contributed by atoms with Gasteiger partial charge in [-0.1, -0.05) is 13.3 Å². The third-order valence-corrected chi connectivity index (χ3v) is 2.78. The minimum absolute atomic E-state index is 0.0836. The Balaban J connectivity index is 2.73. The first-order chi connectivity index (χ1) is 7.99. The Morgan fingerprint density at radius 1 is 1.65 bits per heavy atom. The Hall–Kier alpha value is -1.56. The van der Waals surface area contributed by atoms with Crippen LogP contribution in [-0.4, -0.2) is 29.5 Å². The van der Waals surface area contributed by atoms with Crippen LogP contribution in [-0.2, 0) is 4.79 Å². The van der Waals surface area contributed by atoms with E-state index in [0.29, 0.717) is 17.8 Å². The number of rotatable bonds is 4. The van der Waals surface area contributed by atoms with Crippen molar-refractivity contribution in [1.82, 2.24) is 15.8 Å². The highest BCUT2D eigenvalue weighted by molar-refractivity contribution is 5.96. The van der Waals surface area contributed by atoms with Gasteiger partial charge >= 0.3 is 0 Å². The Kier molecular flexibility index (Phi) is 4.51. The number of carbonyl (C=O) groups is 1. The lowest BCUT2D eigenvalue weighted by molar-refractivity contribution is -0.117. The lowest BCUT2D eigenvalue weighted by Crippen LogP contribution is -2.44. The molecule has 0 aromatic rings. The van der Waals surface area contributed by atoms with E-state index in [4.69, 9.17) is 11.1 Å². The van der Waals surface area contributed by atoms with E-state index in [1.165, 1.54) is 5.01 Å². The van der Waals surface area contributed by atoms with Gasteiger partial charge in [-0.05, 0) is 20.3 Å². The zero-order valence-electron chi connectivity index (χ0n) is 10.6. The van der Waals surface area contributed by atoms with Gasteiger partial charge in [-0.15, -0.1) is 0 Å². The van der Waals surface area contributed by atoms with E-state index in [1.54, 1.807) is 6.92 Å². The predicted octanol–water partition coefficient (Wildman–Crippen LogP) is 0.279. The molecule has 1 rings (SSSR count). The van der Waals surface area contributed by atoms with Gasteiger partial charge in [0.1, 0.15) is 0 Å². The fourth-order valence-electron chi connectivity index (χ4n) is 1.87. The molecule has 1 unspecified atom stereocenters. The molecule has 1 aliphatic heterocycles. The normalized spacial score (nSPS) is 19.7. The molecule has 1 heterocycles. The monoisotopic (exact) mass is 239 g/mol. The van der Waals surface area contributed by atoms with Crippen molar-refractivity contribution in [2.75, 3.05) is 6.54 Å². The van der Waals surface area contributed by atoms with Crippen molar-refractivity contribution in [3.05, 3.63) is 11.3 Å². The van der Waals surface area contributed by atoms with Gasteiger partial charge in [-0.2, -0.15) is 0 Å². The summed E-state index contributed by atoms with van der Waals surface area (Å²) < 4.78 is 0. The molecule has 1 amide bonds. The largest absolute Gasteiger partial charge is 0.369 e. The second kappa shape index (κ2) is 5.67. The van der Waals surface area contributed by atoms with Crippen LogP contribution < -0.4 is 16.5 Å². The summed E-state index contributed by atoms with van der Waals surface area (Å²) in [6.45, 7) is 6.42. The minimum Gasteiger partial charge on any atom is -0.369 e. The first-order valence-electron chi connectivity index (χ1n) is 5.88. The van der Waals surface area contributed by atoms with Crippen LogP contribution in [0.5, 0.6) is 0 Å². The molecule has 0 aromatic carbocycles. The van der Waals surface area contributed by atoms with Crippen molar-refractivity contribution in [3.63, 3.8) is 0 Å². The van der Waals surface area contributed by atoms with E-state index < -0.39 is 0 Å². The van der Waals surface area contributed by atoms with Gasteiger partial charge in [0.05, 0.1) is 11.6 Å². The van der Waals surface area contributed by atoms with Crippen LogP contribution in [0.3, 0.4) is 0 Å². The van der Waals surface area contributed by atoms with Crippen molar-refractivity contribution < 1.29 is 4.79 Å². The number of unbranched alkanes of at least 4 members (excludes halogenated alkanes) is 1. The Morgan fingerprint density at radius 3 is 2.76 bits per heavy atom. The van der Waals surface area contributed by atoms with Crippen LogP contribution in [0.1, 0.15) is 33.6 Å². The maximum atomic E-state index is 12.0. The van der Waals surface area contributed by atoms with Crippen LogP contribution in [0.15, 0.2) is 11.3 Å². The number of allylic oxidation sites excluding steroid dienone is 1. The van der Waals surface area contributed by atoms with Crippen molar-refractivity contribution in [3.8, 4) is 0 Å². The molecule has 0 spiro atoms. The molecule has 6 heteroatoms. The molecule has 0 saturated carbocycles. The molecular weight excluding hydrogens is 218 g/mol. The summed E-state index contributed by atoms with van der Waals surface area (Å²) in [6.07, 6.45) is 2.02. The Labute approximate surface area is 102 Å². The van der Waals surface area contributed by atoms with E-state index in [2.05, 4.69) is 17.7 Å². The number of nitrogens with zero attached hydrogens (tertiary/aromatic N) is 1. The standard InChI is InChI=1S/C11H21N5O/c1-4-5-6-14-10(17)9-7(2)15-16(8(9)3)11(12)13/h7,15H,4-6H2,1-3H3,(H3,12,13)(H,14,17). The first-order valence-corrected chi connectivity index (χ1v) is 5.88. The molecular formula is C11H21N5O. The van der Waals surface area contributed by atoms with Crippen molar-refractivity contribution >= 4 is 11.9 Å². The van der Waals surface area contributed by atoms with Crippen LogP contribution >= 0.6 is 0 Å². The van der Waals surface area contributed by atoms with E-state index in [1.807, 2.05) is 6.92 Å². The highest BCUT2D eigenvalue weighted by Gasteiger charge is 2.31. The number of guanidine groups is 1. The number of hydrazine groups is 1. The van der Waals surface area contributed by atoms with Gasteiger partial charge in [0.25, 0.3) is 5.91 Å². The van der Waals surface area contributed by atoms with Gasteiger partial charge in [0.15, 0.2) is 0 Å². The van der Waals surface area contributed by atoms with Crippen molar-refractivity contribution in [2.24, 2.45) is 5.73 Å². The van der Waals surface area contributed by atoms with Crippen molar-refractivity contribution in [1.29, 1.82) is 5.41 Å². The molecule has 0 saturated heterocycles. The zero-order chi connectivity index (χ0) is 13.0. The molecule has 6 nitrogen and oxygen atoms in total. The molecule has 5 N–H and O–H groups in total. The average Bonchev–Trinajstić information content (AvgIpc) is 2.54. The first kappa shape index (κ1) is 13.5.